The molecule has 1 heterocycles. The molecule has 1 fully saturated rings. The van der Waals surface area contributed by atoms with Gasteiger partial charge < -0.3 is 9.64 Å². The van der Waals surface area contributed by atoms with E-state index in [4.69, 9.17) is 16.3 Å². The Balaban J connectivity index is 2.17. The predicted molar refractivity (Wildman–Crippen MR) is 74.9 cm³/mol. The van der Waals surface area contributed by atoms with E-state index in [1.54, 1.807) is 7.11 Å². The molecule has 18 heavy (non-hydrogen) atoms. The van der Waals surface area contributed by atoms with Crippen LogP contribution in [0.25, 0.3) is 0 Å². The number of methoxy groups -OCH3 is 1. The molecule has 0 spiro atoms. The normalized spacial score (nSPS) is 15.9. The Kier molecular flexibility index (Phi) is 4.89. The van der Waals surface area contributed by atoms with Gasteiger partial charge in [-0.05, 0) is 24.3 Å². The van der Waals surface area contributed by atoms with Crippen molar-refractivity contribution in [2.75, 3.05) is 19.5 Å². The van der Waals surface area contributed by atoms with E-state index in [9.17, 15) is 4.79 Å². The summed E-state index contributed by atoms with van der Waals surface area (Å²) in [6.07, 6.45) is 4.60. The molecule has 0 bridgehead atoms. The predicted octanol–water partition coefficient (Wildman–Crippen LogP) is 3.38. The molecule has 0 atom stereocenters. The molecule has 1 aliphatic rings. The Bertz CT molecular complexity index is 401. The van der Waals surface area contributed by atoms with Gasteiger partial charge in [-0.3, -0.25) is 4.79 Å². The Morgan fingerprint density at radius 1 is 1.56 bits per heavy atom. The van der Waals surface area contributed by atoms with Crippen LogP contribution < -0.4 is 4.74 Å². The molecule has 3 nitrogen and oxygen atoms in total. The molecule has 0 aliphatic heterocycles. The molecule has 1 saturated carbocycles. The number of amides is 1. The molecular formula is C13H18ClNO2S. The third-order valence-electron chi connectivity index (χ3n) is 3.40. The van der Waals surface area contributed by atoms with E-state index in [-0.39, 0.29) is 5.91 Å². The summed E-state index contributed by atoms with van der Waals surface area (Å²) in [4.78, 5) is 15.2. The summed E-state index contributed by atoms with van der Waals surface area (Å²) in [5.41, 5.74) is 0. The number of halogens is 1. The Morgan fingerprint density at radius 3 is 2.89 bits per heavy atom. The molecule has 0 radical (unpaired) electrons. The van der Waals surface area contributed by atoms with Crippen molar-refractivity contribution in [3.05, 3.63) is 16.3 Å². The van der Waals surface area contributed by atoms with Gasteiger partial charge in [0.15, 0.2) is 0 Å². The second kappa shape index (κ2) is 6.43. The second-order valence-corrected chi connectivity index (χ2v) is 5.74. The number of carbonyl (C=O) groups is 1. The van der Waals surface area contributed by atoms with Crippen LogP contribution in [-0.2, 0) is 0 Å². The van der Waals surface area contributed by atoms with Crippen LogP contribution in [0, 0.1) is 0 Å². The largest absolute Gasteiger partial charge is 0.495 e. The van der Waals surface area contributed by atoms with Crippen molar-refractivity contribution in [3.8, 4) is 5.75 Å². The lowest BCUT2D eigenvalue weighted by atomic mass is 10.2. The summed E-state index contributed by atoms with van der Waals surface area (Å²) in [6, 6.07) is 2.19. The average molecular weight is 288 g/mol. The number of hydrogen-bond acceptors (Lipinski definition) is 3. The van der Waals surface area contributed by atoms with Crippen molar-refractivity contribution in [1.29, 1.82) is 0 Å². The van der Waals surface area contributed by atoms with Crippen molar-refractivity contribution < 1.29 is 9.53 Å². The molecule has 0 saturated heterocycles. The van der Waals surface area contributed by atoms with Gasteiger partial charge in [-0.2, -0.15) is 0 Å². The molecule has 1 aromatic heterocycles. The van der Waals surface area contributed by atoms with Crippen LogP contribution in [0.15, 0.2) is 11.4 Å². The van der Waals surface area contributed by atoms with E-state index in [0.717, 1.165) is 12.8 Å². The average Bonchev–Trinajstić information content (AvgIpc) is 3.05. The van der Waals surface area contributed by atoms with Gasteiger partial charge in [0, 0.05) is 18.5 Å². The smallest absolute Gasteiger partial charge is 0.268 e. The van der Waals surface area contributed by atoms with Crippen LogP contribution in [0.3, 0.4) is 0 Å². The van der Waals surface area contributed by atoms with Crippen molar-refractivity contribution in [1.82, 2.24) is 4.90 Å². The summed E-state index contributed by atoms with van der Waals surface area (Å²) in [7, 11) is 1.60. The zero-order chi connectivity index (χ0) is 13.0. The lowest BCUT2D eigenvalue weighted by Crippen LogP contribution is -2.39. The van der Waals surface area contributed by atoms with Gasteiger partial charge in [-0.25, -0.2) is 0 Å². The van der Waals surface area contributed by atoms with Crippen molar-refractivity contribution in [2.24, 2.45) is 0 Å². The van der Waals surface area contributed by atoms with Gasteiger partial charge in [0.05, 0.1) is 7.11 Å². The highest BCUT2D eigenvalue weighted by molar-refractivity contribution is 7.12. The van der Waals surface area contributed by atoms with E-state index in [1.807, 2.05) is 16.3 Å². The molecule has 2 rings (SSSR count). The van der Waals surface area contributed by atoms with Gasteiger partial charge in [-0.15, -0.1) is 22.9 Å². The molecular weight excluding hydrogens is 270 g/mol. The monoisotopic (exact) mass is 287 g/mol. The van der Waals surface area contributed by atoms with Crippen LogP contribution in [0.4, 0.5) is 0 Å². The summed E-state index contributed by atoms with van der Waals surface area (Å²) < 4.78 is 5.23. The highest BCUT2D eigenvalue weighted by atomic mass is 35.5. The standard InChI is InChI=1S/C13H18ClNO2S/c1-17-11-6-9-18-12(11)13(16)15(8-7-14)10-4-2-3-5-10/h6,9-10H,2-5,7-8H2,1H3. The summed E-state index contributed by atoms with van der Waals surface area (Å²) in [6.45, 7) is 0.617. The SMILES string of the molecule is COc1ccsc1C(=O)N(CCCl)C1CCCC1. The maximum atomic E-state index is 12.6. The highest BCUT2D eigenvalue weighted by Crippen LogP contribution is 2.30. The summed E-state index contributed by atoms with van der Waals surface area (Å²) in [5.74, 6) is 1.22. The number of carbonyl (C=O) groups excluding carboxylic acids is 1. The Hall–Kier alpha value is -0.740. The lowest BCUT2D eigenvalue weighted by Gasteiger charge is -2.28. The number of alkyl halides is 1. The van der Waals surface area contributed by atoms with Crippen LogP contribution in [0.5, 0.6) is 5.75 Å². The van der Waals surface area contributed by atoms with E-state index < -0.39 is 0 Å². The van der Waals surface area contributed by atoms with E-state index in [1.165, 1.54) is 24.2 Å². The van der Waals surface area contributed by atoms with Gasteiger partial charge in [0.25, 0.3) is 5.91 Å². The van der Waals surface area contributed by atoms with Gasteiger partial charge in [0.1, 0.15) is 10.6 Å². The van der Waals surface area contributed by atoms with Gasteiger partial charge in [-0.1, -0.05) is 12.8 Å². The number of rotatable bonds is 5. The third kappa shape index (κ3) is 2.81. The Morgan fingerprint density at radius 2 is 2.28 bits per heavy atom. The molecule has 0 N–H and O–H groups in total. The van der Waals surface area contributed by atoms with Crippen molar-refractivity contribution in [2.45, 2.75) is 31.7 Å². The molecule has 0 unspecified atom stereocenters. The number of nitrogens with zero attached hydrogens (tertiary/aromatic N) is 1. The van der Waals surface area contributed by atoms with Gasteiger partial charge in [0.2, 0.25) is 0 Å². The minimum atomic E-state index is 0.0643. The first kappa shape index (κ1) is 13.7. The van der Waals surface area contributed by atoms with Crippen molar-refractivity contribution in [3.63, 3.8) is 0 Å². The third-order valence-corrected chi connectivity index (χ3v) is 4.45. The lowest BCUT2D eigenvalue weighted by molar-refractivity contribution is 0.0697. The topological polar surface area (TPSA) is 29.5 Å². The number of ether oxygens (including phenoxy) is 1. The molecule has 1 aromatic rings. The van der Waals surface area contributed by atoms with Crippen LogP contribution >= 0.6 is 22.9 Å². The molecule has 5 heteroatoms. The maximum absolute atomic E-state index is 12.6. The first-order valence-corrected chi connectivity index (χ1v) is 7.67. The van der Waals surface area contributed by atoms with E-state index >= 15 is 0 Å². The van der Waals surface area contributed by atoms with Crippen LogP contribution in [0.2, 0.25) is 0 Å². The fraction of sp³-hybridized carbons (Fsp3) is 0.615. The quantitative estimate of drug-likeness (QED) is 0.777. The molecule has 1 amide bonds. The fourth-order valence-corrected chi connectivity index (χ4v) is 3.50. The minimum Gasteiger partial charge on any atom is -0.495 e. The van der Waals surface area contributed by atoms with E-state index in [0.29, 0.717) is 29.1 Å². The van der Waals surface area contributed by atoms with E-state index in [2.05, 4.69) is 0 Å². The first-order chi connectivity index (χ1) is 8.77. The first-order valence-electron chi connectivity index (χ1n) is 6.26. The number of thiophene rings is 1. The molecule has 0 aromatic carbocycles. The summed E-state index contributed by atoms with van der Waals surface area (Å²) >= 11 is 7.27. The van der Waals surface area contributed by atoms with Crippen molar-refractivity contribution >= 4 is 28.8 Å². The zero-order valence-electron chi connectivity index (χ0n) is 10.5. The van der Waals surface area contributed by atoms with Crippen LogP contribution in [-0.4, -0.2) is 36.4 Å². The second-order valence-electron chi connectivity index (χ2n) is 4.44. The minimum absolute atomic E-state index is 0.0643. The summed E-state index contributed by atoms with van der Waals surface area (Å²) in [5, 5.41) is 1.89. The fourth-order valence-electron chi connectivity index (χ4n) is 2.50. The molecule has 1 aliphatic carbocycles. The van der Waals surface area contributed by atoms with Gasteiger partial charge >= 0.3 is 0 Å². The van der Waals surface area contributed by atoms with Crippen LogP contribution in [0.1, 0.15) is 35.4 Å². The Labute approximate surface area is 117 Å². The maximum Gasteiger partial charge on any atom is 0.268 e. The highest BCUT2D eigenvalue weighted by Gasteiger charge is 2.29. The number of hydrogen-bond donors (Lipinski definition) is 0. The molecule has 100 valence electrons. The zero-order valence-corrected chi connectivity index (χ0v) is 12.1.